The Labute approximate surface area is 118 Å². The summed E-state index contributed by atoms with van der Waals surface area (Å²) in [5.41, 5.74) is 1.23. The van der Waals surface area contributed by atoms with Crippen molar-refractivity contribution < 1.29 is 0 Å². The van der Waals surface area contributed by atoms with Gasteiger partial charge in [-0.05, 0) is 38.5 Å². The Morgan fingerprint density at radius 1 is 1.21 bits per heavy atom. The van der Waals surface area contributed by atoms with E-state index in [1.807, 2.05) is 28.9 Å². The molecule has 0 aliphatic carbocycles. The molecule has 2 aromatic rings. The molecule has 1 heterocycles. The molecule has 4 nitrogen and oxygen atoms in total. The van der Waals surface area contributed by atoms with Crippen molar-refractivity contribution >= 4 is 11.6 Å². The number of nitrogens with one attached hydrogen (secondary N) is 1. The second kappa shape index (κ2) is 5.72. The van der Waals surface area contributed by atoms with E-state index in [9.17, 15) is 0 Å². The van der Waals surface area contributed by atoms with E-state index >= 15 is 0 Å². The highest BCUT2D eigenvalue weighted by Gasteiger charge is 2.11. The van der Waals surface area contributed by atoms with Crippen LogP contribution in [0.25, 0.3) is 0 Å². The molecule has 0 radical (unpaired) electrons. The van der Waals surface area contributed by atoms with Gasteiger partial charge in [0, 0.05) is 10.6 Å². The molecule has 5 heteroatoms. The van der Waals surface area contributed by atoms with Gasteiger partial charge in [0.15, 0.2) is 0 Å². The lowest BCUT2D eigenvalue weighted by atomic mass is 10.1. The van der Waals surface area contributed by atoms with Crippen molar-refractivity contribution in [2.45, 2.75) is 39.4 Å². The van der Waals surface area contributed by atoms with Crippen LogP contribution in [0.3, 0.4) is 0 Å². The molecular weight excluding hydrogens is 260 g/mol. The average molecular weight is 279 g/mol. The van der Waals surface area contributed by atoms with Gasteiger partial charge in [0.1, 0.15) is 12.2 Å². The zero-order valence-electron chi connectivity index (χ0n) is 11.5. The standard InChI is InChI=1S/C14H19ClN4/c1-14(2,3)17-8-13-16-10-18-19(13)9-11-4-6-12(15)7-5-11/h4-7,10,17H,8-9H2,1-3H3. The van der Waals surface area contributed by atoms with Gasteiger partial charge in [-0.3, -0.25) is 0 Å². The highest BCUT2D eigenvalue weighted by Crippen LogP contribution is 2.11. The minimum atomic E-state index is 0.0665. The van der Waals surface area contributed by atoms with Crippen LogP contribution in [0.4, 0.5) is 0 Å². The lowest BCUT2D eigenvalue weighted by molar-refractivity contribution is 0.410. The second-order valence-corrected chi connectivity index (χ2v) is 6.00. The number of rotatable bonds is 4. The van der Waals surface area contributed by atoms with Gasteiger partial charge in [0.25, 0.3) is 0 Å². The fourth-order valence-corrected chi connectivity index (χ4v) is 1.79. The lowest BCUT2D eigenvalue weighted by Gasteiger charge is -2.20. The summed E-state index contributed by atoms with van der Waals surface area (Å²) < 4.78 is 1.90. The van der Waals surface area contributed by atoms with E-state index in [0.29, 0.717) is 13.1 Å². The first kappa shape index (κ1) is 14.0. The fourth-order valence-electron chi connectivity index (χ4n) is 1.66. The fraction of sp³-hybridized carbons (Fsp3) is 0.429. The van der Waals surface area contributed by atoms with E-state index in [1.54, 1.807) is 6.33 Å². The van der Waals surface area contributed by atoms with Gasteiger partial charge in [0.2, 0.25) is 0 Å². The number of hydrogen-bond donors (Lipinski definition) is 1. The predicted octanol–water partition coefficient (Wildman–Crippen LogP) is 2.87. The smallest absolute Gasteiger partial charge is 0.141 e. The van der Waals surface area contributed by atoms with E-state index in [4.69, 9.17) is 11.6 Å². The first-order valence-corrected chi connectivity index (χ1v) is 6.68. The summed E-state index contributed by atoms with van der Waals surface area (Å²) in [7, 11) is 0. The van der Waals surface area contributed by atoms with Crippen molar-refractivity contribution in [3.05, 3.63) is 47.0 Å². The number of nitrogens with zero attached hydrogens (tertiary/aromatic N) is 3. The van der Waals surface area contributed by atoms with Crippen molar-refractivity contribution in [2.24, 2.45) is 0 Å². The van der Waals surface area contributed by atoms with Gasteiger partial charge < -0.3 is 5.32 Å². The Bertz CT molecular complexity index is 525. The molecule has 2 rings (SSSR count). The normalized spacial score (nSPS) is 11.8. The van der Waals surface area contributed by atoms with E-state index in [-0.39, 0.29) is 5.54 Å². The zero-order valence-corrected chi connectivity index (χ0v) is 12.3. The van der Waals surface area contributed by atoms with Crippen LogP contribution in [0.2, 0.25) is 5.02 Å². The highest BCUT2D eigenvalue weighted by molar-refractivity contribution is 6.30. The topological polar surface area (TPSA) is 42.7 Å². The average Bonchev–Trinajstić information content (AvgIpc) is 2.76. The molecule has 0 fully saturated rings. The maximum atomic E-state index is 5.88. The van der Waals surface area contributed by atoms with Gasteiger partial charge in [-0.15, -0.1) is 0 Å². The molecule has 1 aromatic heterocycles. The highest BCUT2D eigenvalue weighted by atomic mass is 35.5. The van der Waals surface area contributed by atoms with Crippen molar-refractivity contribution in [1.29, 1.82) is 0 Å². The minimum absolute atomic E-state index is 0.0665. The van der Waals surface area contributed by atoms with Gasteiger partial charge in [-0.25, -0.2) is 9.67 Å². The maximum Gasteiger partial charge on any atom is 0.141 e. The van der Waals surface area contributed by atoms with Crippen LogP contribution >= 0.6 is 11.6 Å². The molecule has 0 atom stereocenters. The lowest BCUT2D eigenvalue weighted by Crippen LogP contribution is -2.36. The number of aromatic nitrogens is 3. The summed E-state index contributed by atoms with van der Waals surface area (Å²) in [6, 6.07) is 7.79. The van der Waals surface area contributed by atoms with Gasteiger partial charge in [0.05, 0.1) is 13.1 Å². The Balaban J connectivity index is 2.05. The zero-order chi connectivity index (χ0) is 13.9. The van der Waals surface area contributed by atoms with Crippen LogP contribution in [-0.4, -0.2) is 20.3 Å². The molecule has 19 heavy (non-hydrogen) atoms. The third kappa shape index (κ3) is 4.33. The summed E-state index contributed by atoms with van der Waals surface area (Å²) in [5.74, 6) is 0.935. The van der Waals surface area contributed by atoms with Crippen molar-refractivity contribution in [1.82, 2.24) is 20.1 Å². The van der Waals surface area contributed by atoms with Crippen molar-refractivity contribution in [3.8, 4) is 0 Å². The first-order chi connectivity index (χ1) is 8.94. The molecule has 0 saturated carbocycles. The van der Waals surface area contributed by atoms with Gasteiger partial charge in [-0.1, -0.05) is 23.7 Å². The Hall–Kier alpha value is -1.39. The Morgan fingerprint density at radius 3 is 2.53 bits per heavy atom. The van der Waals surface area contributed by atoms with E-state index in [1.165, 1.54) is 0 Å². The summed E-state index contributed by atoms with van der Waals surface area (Å²) in [6.07, 6.45) is 1.59. The van der Waals surface area contributed by atoms with Crippen LogP contribution in [-0.2, 0) is 13.1 Å². The summed E-state index contributed by atoms with van der Waals surface area (Å²) in [6.45, 7) is 7.81. The largest absolute Gasteiger partial charge is 0.305 e. The second-order valence-electron chi connectivity index (χ2n) is 5.56. The van der Waals surface area contributed by atoms with Gasteiger partial charge >= 0.3 is 0 Å². The van der Waals surface area contributed by atoms with Crippen molar-refractivity contribution in [2.75, 3.05) is 0 Å². The maximum absolute atomic E-state index is 5.88. The molecular formula is C14H19ClN4. The van der Waals surface area contributed by atoms with Gasteiger partial charge in [-0.2, -0.15) is 5.10 Å². The molecule has 0 amide bonds. The molecule has 0 spiro atoms. The van der Waals surface area contributed by atoms with Crippen LogP contribution in [0, 0.1) is 0 Å². The SMILES string of the molecule is CC(C)(C)NCc1ncnn1Cc1ccc(Cl)cc1. The molecule has 0 unspecified atom stereocenters. The first-order valence-electron chi connectivity index (χ1n) is 6.30. The number of benzene rings is 1. The third-order valence-corrected chi connectivity index (χ3v) is 2.97. The molecule has 0 saturated heterocycles. The quantitative estimate of drug-likeness (QED) is 0.935. The van der Waals surface area contributed by atoms with E-state index < -0.39 is 0 Å². The predicted molar refractivity (Wildman–Crippen MR) is 77.2 cm³/mol. The molecule has 1 N–H and O–H groups in total. The van der Waals surface area contributed by atoms with Crippen molar-refractivity contribution in [3.63, 3.8) is 0 Å². The summed E-state index contributed by atoms with van der Waals surface area (Å²) in [4.78, 5) is 4.30. The van der Waals surface area contributed by atoms with Crippen LogP contribution in [0.5, 0.6) is 0 Å². The van der Waals surface area contributed by atoms with Crippen LogP contribution in [0.15, 0.2) is 30.6 Å². The monoisotopic (exact) mass is 278 g/mol. The molecule has 102 valence electrons. The van der Waals surface area contributed by atoms with E-state index in [0.717, 1.165) is 16.4 Å². The minimum Gasteiger partial charge on any atom is -0.305 e. The number of halogens is 1. The van der Waals surface area contributed by atoms with E-state index in [2.05, 4.69) is 36.2 Å². The third-order valence-electron chi connectivity index (χ3n) is 2.72. The van der Waals surface area contributed by atoms with Crippen LogP contribution < -0.4 is 5.32 Å². The summed E-state index contributed by atoms with van der Waals surface area (Å²) in [5, 5.41) is 8.43. The molecule has 1 aromatic carbocycles. The summed E-state index contributed by atoms with van der Waals surface area (Å²) >= 11 is 5.88. The molecule has 0 aliphatic rings. The Kier molecular flexibility index (Phi) is 4.22. The van der Waals surface area contributed by atoms with Crippen LogP contribution in [0.1, 0.15) is 32.2 Å². The molecule has 0 bridgehead atoms. The Morgan fingerprint density at radius 2 is 1.89 bits per heavy atom. The number of hydrogen-bond acceptors (Lipinski definition) is 3. The molecule has 0 aliphatic heterocycles.